The molecule has 2 rings (SSSR count). The van der Waals surface area contributed by atoms with E-state index in [0.717, 1.165) is 9.75 Å². The summed E-state index contributed by atoms with van der Waals surface area (Å²) in [5.41, 5.74) is 1.20. The molecule has 4 nitrogen and oxygen atoms in total. The molecule has 110 valence electrons. The van der Waals surface area contributed by atoms with Crippen molar-refractivity contribution in [3.8, 4) is 0 Å². The molecule has 2 aromatic heterocycles. The Morgan fingerprint density at radius 1 is 1.15 bits per heavy atom. The van der Waals surface area contributed by atoms with Gasteiger partial charge in [0.1, 0.15) is 0 Å². The molecule has 0 radical (unpaired) electrons. The van der Waals surface area contributed by atoms with Crippen LogP contribution in [0.25, 0.3) is 0 Å². The number of hydrogen-bond acceptors (Lipinski definition) is 5. The molecule has 2 heterocycles. The lowest BCUT2D eigenvalue weighted by molar-refractivity contribution is 0.582. The highest BCUT2D eigenvalue weighted by Gasteiger charge is 2.16. The van der Waals surface area contributed by atoms with Gasteiger partial charge in [-0.2, -0.15) is 0 Å². The standard InChI is InChI=1S/C13H18N2O2S3/c1-9-4-12(19-10(9)2)7-15-20(16,17)13-5-11(6-14-3)18-8-13/h4-5,8,14-15H,6-7H2,1-3H3. The summed E-state index contributed by atoms with van der Waals surface area (Å²) in [6, 6.07) is 3.75. The molecular weight excluding hydrogens is 312 g/mol. The van der Waals surface area contributed by atoms with Gasteiger partial charge < -0.3 is 5.32 Å². The van der Waals surface area contributed by atoms with Gasteiger partial charge in [0.15, 0.2) is 0 Å². The van der Waals surface area contributed by atoms with Gasteiger partial charge in [-0.3, -0.25) is 0 Å². The Labute approximate surface area is 127 Å². The zero-order valence-electron chi connectivity index (χ0n) is 11.7. The highest BCUT2D eigenvalue weighted by molar-refractivity contribution is 7.89. The minimum Gasteiger partial charge on any atom is -0.315 e. The molecule has 0 atom stereocenters. The van der Waals surface area contributed by atoms with E-state index in [4.69, 9.17) is 0 Å². The van der Waals surface area contributed by atoms with Gasteiger partial charge in [-0.05, 0) is 38.6 Å². The fraction of sp³-hybridized carbons (Fsp3) is 0.385. The van der Waals surface area contributed by atoms with Crippen LogP contribution in [0.1, 0.15) is 20.2 Å². The fourth-order valence-corrected chi connectivity index (χ4v) is 5.13. The maximum Gasteiger partial charge on any atom is 0.241 e. The van der Waals surface area contributed by atoms with Crippen molar-refractivity contribution < 1.29 is 8.42 Å². The van der Waals surface area contributed by atoms with Gasteiger partial charge >= 0.3 is 0 Å². The molecule has 0 aliphatic heterocycles. The predicted octanol–water partition coefficient (Wildman–Crippen LogP) is 2.62. The number of thiophene rings is 2. The maximum atomic E-state index is 12.2. The molecule has 0 unspecified atom stereocenters. The van der Waals surface area contributed by atoms with E-state index < -0.39 is 10.0 Å². The quantitative estimate of drug-likeness (QED) is 0.856. The number of aryl methyl sites for hydroxylation is 2. The summed E-state index contributed by atoms with van der Waals surface area (Å²) in [6.07, 6.45) is 0. The lowest BCUT2D eigenvalue weighted by atomic mass is 10.3. The summed E-state index contributed by atoms with van der Waals surface area (Å²) >= 11 is 3.08. The van der Waals surface area contributed by atoms with Crippen LogP contribution in [0.15, 0.2) is 22.4 Å². The first kappa shape index (κ1) is 15.7. The Kier molecular flexibility index (Phi) is 4.98. The van der Waals surface area contributed by atoms with E-state index in [-0.39, 0.29) is 0 Å². The van der Waals surface area contributed by atoms with E-state index in [9.17, 15) is 8.42 Å². The maximum absolute atomic E-state index is 12.2. The Hall–Kier alpha value is -0.730. The van der Waals surface area contributed by atoms with E-state index in [1.54, 1.807) is 22.8 Å². The molecule has 2 N–H and O–H groups in total. The number of sulfonamides is 1. The molecule has 0 spiro atoms. The Balaban J connectivity index is 2.06. The van der Waals surface area contributed by atoms with Crippen molar-refractivity contribution in [1.29, 1.82) is 0 Å². The smallest absolute Gasteiger partial charge is 0.241 e. The van der Waals surface area contributed by atoms with E-state index >= 15 is 0 Å². The Morgan fingerprint density at radius 2 is 1.90 bits per heavy atom. The van der Waals surface area contributed by atoms with Crippen LogP contribution in [0, 0.1) is 13.8 Å². The molecule has 0 fully saturated rings. The first-order chi connectivity index (χ1) is 9.42. The average molecular weight is 330 g/mol. The molecule has 0 amide bonds. The number of nitrogens with one attached hydrogen (secondary N) is 2. The van der Waals surface area contributed by atoms with Gasteiger partial charge in [0.2, 0.25) is 10.0 Å². The molecule has 0 aliphatic rings. The number of rotatable bonds is 6. The second-order valence-electron chi connectivity index (χ2n) is 4.56. The van der Waals surface area contributed by atoms with Crippen LogP contribution in [-0.2, 0) is 23.1 Å². The van der Waals surface area contributed by atoms with E-state index in [1.807, 2.05) is 27.0 Å². The average Bonchev–Trinajstić information content (AvgIpc) is 2.96. The summed E-state index contributed by atoms with van der Waals surface area (Å²) in [4.78, 5) is 3.62. The normalized spacial score (nSPS) is 11.9. The van der Waals surface area contributed by atoms with Gasteiger partial charge in [-0.1, -0.05) is 0 Å². The van der Waals surface area contributed by atoms with Crippen molar-refractivity contribution in [3.05, 3.63) is 37.7 Å². The zero-order chi connectivity index (χ0) is 14.8. The van der Waals surface area contributed by atoms with Gasteiger partial charge in [-0.15, -0.1) is 22.7 Å². The van der Waals surface area contributed by atoms with E-state index in [1.165, 1.54) is 21.8 Å². The molecule has 0 aromatic carbocycles. The summed E-state index contributed by atoms with van der Waals surface area (Å²) < 4.78 is 27.0. The van der Waals surface area contributed by atoms with Crippen molar-refractivity contribution in [3.63, 3.8) is 0 Å². The van der Waals surface area contributed by atoms with Crippen molar-refractivity contribution in [2.24, 2.45) is 0 Å². The SMILES string of the molecule is CNCc1cc(S(=O)(=O)NCc2cc(C)c(C)s2)cs1. The summed E-state index contributed by atoms with van der Waals surface area (Å²) in [6.45, 7) is 5.11. The van der Waals surface area contributed by atoms with Crippen LogP contribution in [0.3, 0.4) is 0 Å². The highest BCUT2D eigenvalue weighted by Crippen LogP contribution is 2.22. The van der Waals surface area contributed by atoms with Gasteiger partial charge in [0.05, 0.1) is 4.90 Å². The van der Waals surface area contributed by atoms with Gasteiger partial charge in [0, 0.05) is 33.1 Å². The fourth-order valence-electron chi connectivity index (χ4n) is 1.75. The third-order valence-electron chi connectivity index (χ3n) is 2.94. The highest BCUT2D eigenvalue weighted by atomic mass is 32.2. The topological polar surface area (TPSA) is 58.2 Å². The van der Waals surface area contributed by atoms with Crippen LogP contribution in [0.5, 0.6) is 0 Å². The lowest BCUT2D eigenvalue weighted by Gasteiger charge is -2.03. The van der Waals surface area contributed by atoms with Crippen molar-refractivity contribution >= 4 is 32.7 Å². The van der Waals surface area contributed by atoms with Crippen molar-refractivity contribution in [2.75, 3.05) is 7.05 Å². The molecule has 0 saturated carbocycles. The lowest BCUT2D eigenvalue weighted by Crippen LogP contribution is -2.22. The van der Waals surface area contributed by atoms with Crippen molar-refractivity contribution in [1.82, 2.24) is 10.0 Å². The first-order valence-corrected chi connectivity index (χ1v) is 9.38. The number of hydrogen-bond donors (Lipinski definition) is 2. The molecular formula is C13H18N2O2S3. The minimum absolute atomic E-state index is 0.345. The second-order valence-corrected chi connectivity index (χ2v) is 8.66. The second kappa shape index (κ2) is 6.36. The summed E-state index contributed by atoms with van der Waals surface area (Å²) in [7, 11) is -1.58. The largest absolute Gasteiger partial charge is 0.315 e. The first-order valence-electron chi connectivity index (χ1n) is 6.20. The van der Waals surface area contributed by atoms with Crippen LogP contribution >= 0.6 is 22.7 Å². The monoisotopic (exact) mass is 330 g/mol. The Bertz CT molecular complexity index is 667. The van der Waals surface area contributed by atoms with E-state index in [0.29, 0.717) is 18.0 Å². The van der Waals surface area contributed by atoms with Crippen LogP contribution in [0.4, 0.5) is 0 Å². The van der Waals surface area contributed by atoms with Gasteiger partial charge in [-0.25, -0.2) is 13.1 Å². The molecule has 0 aliphatic carbocycles. The van der Waals surface area contributed by atoms with Crippen LogP contribution in [-0.4, -0.2) is 15.5 Å². The van der Waals surface area contributed by atoms with Crippen molar-refractivity contribution in [2.45, 2.75) is 31.8 Å². The molecule has 0 saturated heterocycles. The minimum atomic E-state index is -3.42. The Morgan fingerprint density at radius 3 is 2.50 bits per heavy atom. The third-order valence-corrected chi connectivity index (χ3v) is 6.56. The molecule has 2 aromatic rings. The summed E-state index contributed by atoms with van der Waals surface area (Å²) in [5.74, 6) is 0. The van der Waals surface area contributed by atoms with Crippen LogP contribution in [0.2, 0.25) is 0 Å². The molecule has 20 heavy (non-hydrogen) atoms. The molecule has 7 heteroatoms. The summed E-state index contributed by atoms with van der Waals surface area (Å²) in [5, 5.41) is 4.69. The predicted molar refractivity (Wildman–Crippen MR) is 84.9 cm³/mol. The zero-order valence-corrected chi connectivity index (χ0v) is 14.1. The van der Waals surface area contributed by atoms with Crippen LogP contribution < -0.4 is 10.0 Å². The van der Waals surface area contributed by atoms with E-state index in [2.05, 4.69) is 10.0 Å². The van der Waals surface area contributed by atoms with Gasteiger partial charge in [0.25, 0.3) is 0 Å². The third kappa shape index (κ3) is 3.67. The molecule has 0 bridgehead atoms.